The number of hydrogen-bond donors (Lipinski definition) is 2. The SMILES string of the molecule is C[C@H](c1ccc(C(N)=O)c2[nH]ccc12)C1CN(C(=O)OC(C)(C)C)C1.Cl. The highest BCUT2D eigenvalue weighted by Gasteiger charge is 2.37. The van der Waals surface area contributed by atoms with Gasteiger partial charge >= 0.3 is 6.09 Å². The zero-order valence-electron chi connectivity index (χ0n) is 15.5. The highest BCUT2D eigenvalue weighted by Crippen LogP contribution is 2.36. The Morgan fingerprint density at radius 1 is 1.27 bits per heavy atom. The summed E-state index contributed by atoms with van der Waals surface area (Å²) in [6.45, 7) is 9.12. The monoisotopic (exact) mass is 379 g/mol. The van der Waals surface area contributed by atoms with E-state index < -0.39 is 11.5 Å². The highest BCUT2D eigenvalue weighted by molar-refractivity contribution is 6.05. The molecule has 1 aromatic heterocycles. The second kappa shape index (κ2) is 7.19. The van der Waals surface area contributed by atoms with Crippen LogP contribution in [-0.2, 0) is 4.74 Å². The third kappa shape index (κ3) is 3.80. The molecule has 1 fully saturated rings. The second-order valence-electron chi connectivity index (χ2n) is 7.77. The minimum Gasteiger partial charge on any atom is -0.444 e. The first-order valence-electron chi connectivity index (χ1n) is 8.55. The summed E-state index contributed by atoms with van der Waals surface area (Å²) in [4.78, 5) is 28.5. The average Bonchev–Trinajstić information content (AvgIpc) is 2.91. The van der Waals surface area contributed by atoms with E-state index in [2.05, 4.69) is 11.9 Å². The number of H-pyrrole nitrogens is 1. The third-order valence-corrected chi connectivity index (χ3v) is 4.78. The van der Waals surface area contributed by atoms with Gasteiger partial charge in [-0.1, -0.05) is 13.0 Å². The van der Waals surface area contributed by atoms with E-state index in [-0.39, 0.29) is 24.4 Å². The number of benzene rings is 1. The van der Waals surface area contributed by atoms with Crippen LogP contribution in [0.3, 0.4) is 0 Å². The predicted octanol–water partition coefficient (Wildman–Crippen LogP) is 3.66. The maximum absolute atomic E-state index is 12.1. The molecule has 0 spiro atoms. The van der Waals surface area contributed by atoms with Crippen LogP contribution in [0.15, 0.2) is 24.4 Å². The first-order valence-corrected chi connectivity index (χ1v) is 8.55. The molecule has 1 saturated heterocycles. The molecule has 0 saturated carbocycles. The van der Waals surface area contributed by atoms with Gasteiger partial charge in [-0.25, -0.2) is 4.79 Å². The fourth-order valence-corrected chi connectivity index (χ4v) is 3.34. The lowest BCUT2D eigenvalue weighted by molar-refractivity contribution is -0.00412. The lowest BCUT2D eigenvalue weighted by Crippen LogP contribution is -2.53. The standard InChI is InChI=1S/C19H25N3O3.ClH/c1-11(12-9-22(10-12)18(24)25-19(2,3)4)13-5-6-15(17(20)23)16-14(13)7-8-21-16;/h5-8,11-12,21H,9-10H2,1-4H3,(H2,20,23);1H/t11-;/m0./s1. The molecule has 0 bridgehead atoms. The van der Waals surface area contributed by atoms with Gasteiger partial charge in [0.25, 0.3) is 5.91 Å². The Kier molecular flexibility index (Phi) is 5.56. The first kappa shape index (κ1) is 20.1. The van der Waals surface area contributed by atoms with Gasteiger partial charge in [-0.3, -0.25) is 4.79 Å². The van der Waals surface area contributed by atoms with Crippen LogP contribution >= 0.6 is 12.4 Å². The first-order chi connectivity index (χ1) is 11.7. The molecule has 1 atom stereocenters. The van der Waals surface area contributed by atoms with Gasteiger partial charge < -0.3 is 20.4 Å². The van der Waals surface area contributed by atoms with Crippen molar-refractivity contribution >= 4 is 35.3 Å². The van der Waals surface area contributed by atoms with Gasteiger partial charge in [-0.2, -0.15) is 0 Å². The predicted molar refractivity (Wildman–Crippen MR) is 104 cm³/mol. The Morgan fingerprint density at radius 3 is 2.50 bits per heavy atom. The number of nitrogens with zero attached hydrogens (tertiary/aromatic N) is 1. The third-order valence-electron chi connectivity index (χ3n) is 4.78. The van der Waals surface area contributed by atoms with Crippen LogP contribution in [0.2, 0.25) is 0 Å². The number of halogens is 1. The summed E-state index contributed by atoms with van der Waals surface area (Å²) in [5.41, 5.74) is 7.41. The maximum Gasteiger partial charge on any atom is 0.410 e. The molecule has 142 valence electrons. The van der Waals surface area contributed by atoms with E-state index in [1.807, 2.05) is 39.1 Å². The molecule has 3 rings (SSSR count). The Balaban J connectivity index is 0.00000243. The van der Waals surface area contributed by atoms with Gasteiger partial charge in [0.1, 0.15) is 5.60 Å². The fraction of sp³-hybridized carbons (Fsp3) is 0.474. The summed E-state index contributed by atoms with van der Waals surface area (Å²) in [6.07, 6.45) is 1.56. The Hall–Kier alpha value is -2.21. The number of amides is 2. The number of likely N-dealkylation sites (tertiary alicyclic amines) is 1. The van der Waals surface area contributed by atoms with Gasteiger partial charge in [-0.05, 0) is 44.4 Å². The van der Waals surface area contributed by atoms with E-state index in [4.69, 9.17) is 10.5 Å². The molecule has 6 nitrogen and oxygen atoms in total. The summed E-state index contributed by atoms with van der Waals surface area (Å²) < 4.78 is 5.41. The van der Waals surface area contributed by atoms with Crippen LogP contribution in [0, 0.1) is 5.92 Å². The number of carbonyl (C=O) groups is 2. The second-order valence-corrected chi connectivity index (χ2v) is 7.77. The van der Waals surface area contributed by atoms with Crippen molar-refractivity contribution in [2.45, 2.75) is 39.2 Å². The number of aromatic nitrogens is 1. The zero-order valence-corrected chi connectivity index (χ0v) is 16.4. The Morgan fingerprint density at radius 2 is 1.92 bits per heavy atom. The summed E-state index contributed by atoms with van der Waals surface area (Å²) in [7, 11) is 0. The molecule has 0 aliphatic carbocycles. The van der Waals surface area contributed by atoms with Crippen LogP contribution in [0.1, 0.15) is 49.5 Å². The summed E-state index contributed by atoms with van der Waals surface area (Å²) in [6, 6.07) is 5.71. The number of carbonyl (C=O) groups excluding carboxylic acids is 2. The molecule has 1 aromatic carbocycles. The molecular weight excluding hydrogens is 354 g/mol. The maximum atomic E-state index is 12.1. The lowest BCUT2D eigenvalue weighted by Gasteiger charge is -2.43. The van der Waals surface area contributed by atoms with Gasteiger partial charge in [-0.15, -0.1) is 12.4 Å². The topological polar surface area (TPSA) is 88.4 Å². The zero-order chi connectivity index (χ0) is 18.4. The van der Waals surface area contributed by atoms with Crippen molar-refractivity contribution in [1.82, 2.24) is 9.88 Å². The molecule has 3 N–H and O–H groups in total. The van der Waals surface area contributed by atoms with E-state index in [1.54, 1.807) is 11.0 Å². The molecule has 0 unspecified atom stereocenters. The van der Waals surface area contributed by atoms with Crippen LogP contribution < -0.4 is 5.73 Å². The molecule has 7 heteroatoms. The molecule has 0 radical (unpaired) electrons. The van der Waals surface area contributed by atoms with Gasteiger partial charge in [0.2, 0.25) is 0 Å². The minimum atomic E-state index is -0.477. The number of aromatic amines is 1. The van der Waals surface area contributed by atoms with Crippen LogP contribution in [0.4, 0.5) is 4.79 Å². The Bertz CT molecular complexity index is 819. The molecular formula is C19H26ClN3O3. The van der Waals surface area contributed by atoms with Crippen LogP contribution in [-0.4, -0.2) is 40.6 Å². The lowest BCUT2D eigenvalue weighted by atomic mass is 9.81. The van der Waals surface area contributed by atoms with E-state index in [0.717, 1.165) is 16.5 Å². The smallest absolute Gasteiger partial charge is 0.410 e. The normalized spacial score (nSPS) is 15.9. The summed E-state index contributed by atoms with van der Waals surface area (Å²) in [5.74, 6) is 0.190. The molecule has 1 aliphatic rings. The van der Waals surface area contributed by atoms with E-state index in [1.165, 1.54) is 0 Å². The van der Waals surface area contributed by atoms with Crippen molar-refractivity contribution in [3.05, 3.63) is 35.5 Å². The number of nitrogens with one attached hydrogen (secondary N) is 1. The van der Waals surface area contributed by atoms with E-state index in [0.29, 0.717) is 24.6 Å². The van der Waals surface area contributed by atoms with E-state index in [9.17, 15) is 9.59 Å². The quantitative estimate of drug-likeness (QED) is 0.852. The average molecular weight is 380 g/mol. The van der Waals surface area contributed by atoms with Crippen LogP contribution in [0.5, 0.6) is 0 Å². The van der Waals surface area contributed by atoms with Gasteiger partial charge in [0, 0.05) is 30.6 Å². The van der Waals surface area contributed by atoms with Crippen molar-refractivity contribution in [3.63, 3.8) is 0 Å². The van der Waals surface area contributed by atoms with E-state index >= 15 is 0 Å². The van der Waals surface area contributed by atoms with Crippen molar-refractivity contribution in [1.29, 1.82) is 0 Å². The number of rotatable bonds is 3. The molecule has 2 amide bonds. The fourth-order valence-electron chi connectivity index (χ4n) is 3.34. The van der Waals surface area contributed by atoms with Crippen molar-refractivity contribution in [3.8, 4) is 0 Å². The van der Waals surface area contributed by atoms with Crippen molar-refractivity contribution in [2.75, 3.05) is 13.1 Å². The number of ether oxygens (including phenoxy) is 1. The van der Waals surface area contributed by atoms with Crippen molar-refractivity contribution in [2.24, 2.45) is 11.7 Å². The highest BCUT2D eigenvalue weighted by atomic mass is 35.5. The van der Waals surface area contributed by atoms with Crippen LogP contribution in [0.25, 0.3) is 10.9 Å². The summed E-state index contributed by atoms with van der Waals surface area (Å²) in [5, 5.41) is 1.01. The molecule has 2 heterocycles. The molecule has 1 aliphatic heterocycles. The van der Waals surface area contributed by atoms with Gasteiger partial charge in [0.05, 0.1) is 11.1 Å². The Labute approximate surface area is 159 Å². The summed E-state index contributed by atoms with van der Waals surface area (Å²) >= 11 is 0. The number of primary amides is 1. The largest absolute Gasteiger partial charge is 0.444 e. The van der Waals surface area contributed by atoms with Crippen molar-refractivity contribution < 1.29 is 14.3 Å². The number of fused-ring (bicyclic) bond motifs is 1. The molecule has 26 heavy (non-hydrogen) atoms. The number of hydrogen-bond acceptors (Lipinski definition) is 3. The molecule has 2 aromatic rings. The number of nitrogens with two attached hydrogens (primary N) is 1. The minimum absolute atomic E-state index is 0. The van der Waals surface area contributed by atoms with Gasteiger partial charge in [0.15, 0.2) is 0 Å².